The molecule has 5 nitrogen and oxygen atoms in total. The molecule has 0 aliphatic heterocycles. The predicted octanol–water partition coefficient (Wildman–Crippen LogP) is 2.38. The molecule has 2 N–H and O–H groups in total. The highest BCUT2D eigenvalue weighted by molar-refractivity contribution is 6.04. The van der Waals surface area contributed by atoms with Crippen molar-refractivity contribution in [1.29, 1.82) is 0 Å². The number of nitrogens with zero attached hydrogens (tertiary/aromatic N) is 1. The van der Waals surface area contributed by atoms with Gasteiger partial charge in [0.25, 0.3) is 5.91 Å². The van der Waals surface area contributed by atoms with Crippen molar-refractivity contribution < 1.29 is 14.6 Å². The molecule has 0 heterocycles. The topological polar surface area (TPSA) is 61.8 Å². The smallest absolute Gasteiger partial charge is 0.255 e. The van der Waals surface area contributed by atoms with Crippen LogP contribution in [0.25, 0.3) is 0 Å². The second-order valence-electron chi connectivity index (χ2n) is 4.87. The van der Waals surface area contributed by atoms with Crippen molar-refractivity contribution in [3.63, 3.8) is 0 Å². The first-order valence-electron chi connectivity index (χ1n) is 7.01. The fourth-order valence-corrected chi connectivity index (χ4v) is 2.02. The molecule has 22 heavy (non-hydrogen) atoms. The molecule has 0 aliphatic carbocycles. The molecule has 0 bridgehead atoms. The Morgan fingerprint density at radius 1 is 1.14 bits per heavy atom. The lowest BCUT2D eigenvalue weighted by atomic mass is 10.2. The second kappa shape index (κ2) is 7.47. The SMILES string of the molecule is COc1ccc(C(=O)Nc2ccc(N(C)CCO)cc2)cc1. The Morgan fingerprint density at radius 2 is 1.77 bits per heavy atom. The standard InChI is InChI=1S/C17H20N2O3/c1-19(11-12-20)15-7-5-14(6-8-15)18-17(21)13-3-9-16(22-2)10-4-13/h3-10,20H,11-12H2,1-2H3,(H,18,21). The number of rotatable bonds is 6. The van der Waals surface area contributed by atoms with Gasteiger partial charge in [-0.25, -0.2) is 0 Å². The van der Waals surface area contributed by atoms with Crippen molar-refractivity contribution in [2.24, 2.45) is 0 Å². The minimum atomic E-state index is -0.167. The first kappa shape index (κ1) is 15.9. The van der Waals surface area contributed by atoms with Crippen molar-refractivity contribution in [2.45, 2.75) is 0 Å². The van der Waals surface area contributed by atoms with Crippen molar-refractivity contribution in [3.05, 3.63) is 54.1 Å². The van der Waals surface area contributed by atoms with E-state index in [-0.39, 0.29) is 12.5 Å². The summed E-state index contributed by atoms with van der Waals surface area (Å²) in [5, 5.41) is 11.8. The van der Waals surface area contributed by atoms with Gasteiger partial charge in [-0.05, 0) is 48.5 Å². The zero-order valence-corrected chi connectivity index (χ0v) is 12.7. The Labute approximate surface area is 130 Å². The molecule has 0 aliphatic rings. The van der Waals surface area contributed by atoms with E-state index >= 15 is 0 Å². The number of carbonyl (C=O) groups is 1. The summed E-state index contributed by atoms with van der Waals surface area (Å²) >= 11 is 0. The molecule has 1 amide bonds. The Balaban J connectivity index is 2.01. The molecular formula is C17H20N2O3. The molecule has 2 aromatic carbocycles. The molecule has 0 radical (unpaired) electrons. The number of carbonyl (C=O) groups excluding carboxylic acids is 1. The van der Waals surface area contributed by atoms with Gasteiger partial charge >= 0.3 is 0 Å². The van der Waals surface area contributed by atoms with Gasteiger partial charge in [-0.3, -0.25) is 4.79 Å². The van der Waals surface area contributed by atoms with Crippen LogP contribution in [0.3, 0.4) is 0 Å². The lowest BCUT2D eigenvalue weighted by Crippen LogP contribution is -2.21. The van der Waals surface area contributed by atoms with Gasteiger partial charge < -0.3 is 20.1 Å². The average molecular weight is 300 g/mol. The zero-order chi connectivity index (χ0) is 15.9. The number of likely N-dealkylation sites (N-methyl/N-ethyl adjacent to an activating group) is 1. The number of aliphatic hydroxyl groups is 1. The lowest BCUT2D eigenvalue weighted by molar-refractivity contribution is 0.102. The third kappa shape index (κ3) is 3.99. The Kier molecular flexibility index (Phi) is 5.38. The summed E-state index contributed by atoms with van der Waals surface area (Å²) in [6.45, 7) is 0.671. The molecule has 0 saturated carbocycles. The quantitative estimate of drug-likeness (QED) is 0.860. The normalized spacial score (nSPS) is 10.1. The van der Waals surface area contributed by atoms with Crippen molar-refractivity contribution in [3.8, 4) is 5.75 Å². The number of methoxy groups -OCH3 is 1. The largest absolute Gasteiger partial charge is 0.497 e. The molecule has 0 fully saturated rings. The summed E-state index contributed by atoms with van der Waals surface area (Å²) in [4.78, 5) is 14.1. The lowest BCUT2D eigenvalue weighted by Gasteiger charge is -2.18. The van der Waals surface area contributed by atoms with Crippen molar-refractivity contribution in [2.75, 3.05) is 37.5 Å². The summed E-state index contributed by atoms with van der Waals surface area (Å²) in [6, 6.07) is 14.4. The van der Waals surface area contributed by atoms with E-state index in [1.165, 1.54) is 0 Å². The van der Waals surface area contributed by atoms with Crippen LogP contribution in [0.1, 0.15) is 10.4 Å². The summed E-state index contributed by atoms with van der Waals surface area (Å²) in [5.74, 6) is 0.548. The third-order valence-corrected chi connectivity index (χ3v) is 3.35. The minimum absolute atomic E-state index is 0.104. The number of anilines is 2. The van der Waals surface area contributed by atoms with Gasteiger partial charge in [-0.15, -0.1) is 0 Å². The molecule has 0 saturated heterocycles. The molecule has 2 rings (SSSR count). The van der Waals surface area contributed by atoms with Crippen LogP contribution in [-0.4, -0.2) is 38.3 Å². The van der Waals surface area contributed by atoms with E-state index in [2.05, 4.69) is 5.32 Å². The van der Waals surface area contributed by atoms with Gasteiger partial charge in [0.05, 0.1) is 13.7 Å². The first-order valence-corrected chi connectivity index (χ1v) is 7.01. The molecule has 0 spiro atoms. The summed E-state index contributed by atoms with van der Waals surface area (Å²) in [7, 11) is 3.49. The number of hydrogen-bond acceptors (Lipinski definition) is 4. The molecule has 0 unspecified atom stereocenters. The molecule has 0 atom stereocenters. The van der Waals surface area contributed by atoms with Crippen molar-refractivity contribution >= 4 is 17.3 Å². The van der Waals surface area contributed by atoms with Crippen LogP contribution in [-0.2, 0) is 0 Å². The van der Waals surface area contributed by atoms with Crippen LogP contribution < -0.4 is 15.0 Å². The van der Waals surface area contributed by atoms with E-state index in [0.29, 0.717) is 17.9 Å². The van der Waals surface area contributed by atoms with Gasteiger partial charge in [0.2, 0.25) is 0 Å². The maximum Gasteiger partial charge on any atom is 0.255 e. The second-order valence-corrected chi connectivity index (χ2v) is 4.87. The molecule has 5 heteroatoms. The van der Waals surface area contributed by atoms with Crippen LogP contribution in [0.15, 0.2) is 48.5 Å². The monoisotopic (exact) mass is 300 g/mol. The van der Waals surface area contributed by atoms with Gasteiger partial charge in [0.1, 0.15) is 5.75 Å². The van der Waals surface area contributed by atoms with Crippen LogP contribution in [0.5, 0.6) is 5.75 Å². The third-order valence-electron chi connectivity index (χ3n) is 3.35. The summed E-state index contributed by atoms with van der Waals surface area (Å²) in [5.41, 5.74) is 2.28. The van der Waals surface area contributed by atoms with Gasteiger partial charge in [-0.2, -0.15) is 0 Å². The van der Waals surface area contributed by atoms with E-state index in [1.807, 2.05) is 36.2 Å². The number of benzene rings is 2. The number of aliphatic hydroxyl groups excluding tert-OH is 1. The van der Waals surface area contributed by atoms with Crippen LogP contribution in [0, 0.1) is 0 Å². The number of ether oxygens (including phenoxy) is 1. The van der Waals surface area contributed by atoms with E-state index < -0.39 is 0 Å². The number of nitrogens with one attached hydrogen (secondary N) is 1. The van der Waals surface area contributed by atoms with Gasteiger partial charge in [0.15, 0.2) is 0 Å². The molecule has 0 aromatic heterocycles. The molecular weight excluding hydrogens is 280 g/mol. The van der Waals surface area contributed by atoms with Crippen LogP contribution >= 0.6 is 0 Å². The van der Waals surface area contributed by atoms with Gasteiger partial charge in [0, 0.05) is 30.5 Å². The fourth-order valence-electron chi connectivity index (χ4n) is 2.02. The number of hydrogen-bond donors (Lipinski definition) is 2. The Hall–Kier alpha value is -2.53. The van der Waals surface area contributed by atoms with Crippen LogP contribution in [0.2, 0.25) is 0 Å². The Morgan fingerprint density at radius 3 is 2.32 bits per heavy atom. The zero-order valence-electron chi connectivity index (χ0n) is 12.7. The maximum atomic E-state index is 12.1. The van der Waals surface area contributed by atoms with E-state index in [1.54, 1.807) is 31.4 Å². The maximum absolute atomic E-state index is 12.1. The number of amides is 1. The minimum Gasteiger partial charge on any atom is -0.497 e. The predicted molar refractivity (Wildman–Crippen MR) is 87.7 cm³/mol. The van der Waals surface area contributed by atoms with Gasteiger partial charge in [-0.1, -0.05) is 0 Å². The highest BCUT2D eigenvalue weighted by Gasteiger charge is 2.07. The highest BCUT2D eigenvalue weighted by Crippen LogP contribution is 2.18. The highest BCUT2D eigenvalue weighted by atomic mass is 16.5. The molecule has 116 valence electrons. The first-order chi connectivity index (χ1) is 10.6. The van der Waals surface area contributed by atoms with E-state index in [9.17, 15) is 4.79 Å². The van der Waals surface area contributed by atoms with E-state index in [0.717, 1.165) is 11.4 Å². The average Bonchev–Trinajstić information content (AvgIpc) is 2.55. The summed E-state index contributed by atoms with van der Waals surface area (Å²) < 4.78 is 5.07. The Bertz CT molecular complexity index is 609. The molecule has 2 aromatic rings. The summed E-state index contributed by atoms with van der Waals surface area (Å²) in [6.07, 6.45) is 0. The van der Waals surface area contributed by atoms with Crippen molar-refractivity contribution in [1.82, 2.24) is 0 Å². The van der Waals surface area contributed by atoms with E-state index in [4.69, 9.17) is 9.84 Å². The fraction of sp³-hybridized carbons (Fsp3) is 0.235. The van der Waals surface area contributed by atoms with Crippen LogP contribution in [0.4, 0.5) is 11.4 Å².